The van der Waals surface area contributed by atoms with Crippen molar-refractivity contribution in [3.05, 3.63) is 176 Å². The van der Waals surface area contributed by atoms with E-state index in [9.17, 15) is 30.0 Å². The number of carboxylic acids is 1. The highest BCUT2D eigenvalue weighted by atomic mass is 79.9. The molecule has 3 heterocycles. The second-order valence-electron chi connectivity index (χ2n) is 20.3. The molecule has 3 unspecified atom stereocenters. The molecule has 0 aliphatic carbocycles. The van der Waals surface area contributed by atoms with Gasteiger partial charge in [0.25, 0.3) is 30.1 Å². The van der Waals surface area contributed by atoms with Crippen LogP contribution in [0.4, 0.5) is 17.1 Å². The molecule has 3 aliphatic heterocycles. The number of benzene rings is 6. The predicted octanol–water partition coefficient (Wildman–Crippen LogP) is -1.71. The lowest BCUT2D eigenvalue weighted by molar-refractivity contribution is -0.687. The highest BCUT2D eigenvalue weighted by Crippen LogP contribution is 2.42. The largest absolute Gasteiger partial charge is 1.00 e. The zero-order valence-corrected chi connectivity index (χ0v) is 55.4. The molecule has 86 heavy (non-hydrogen) atoms. The Hall–Kier alpha value is -5.97. The van der Waals surface area contributed by atoms with E-state index in [1.54, 1.807) is 39.3 Å². The summed E-state index contributed by atoms with van der Waals surface area (Å²) in [5.41, 5.74) is 9.65. The Kier molecular flexibility index (Phi) is 31.6. The molecule has 0 aromatic heterocycles. The number of nitrogens with zero attached hydrogens (tertiary/aromatic N) is 3. The second-order valence-corrected chi connectivity index (χ2v) is 27.0. The number of anilines is 3. The summed E-state index contributed by atoms with van der Waals surface area (Å²) in [4.78, 5) is 44.4. The van der Waals surface area contributed by atoms with Gasteiger partial charge in [0.05, 0.1) is 51.4 Å². The Bertz CT molecular complexity index is 3470. The first-order valence-electron chi connectivity index (χ1n) is 27.5. The molecule has 6 aromatic carbocycles. The van der Waals surface area contributed by atoms with Gasteiger partial charge in [-0.2, -0.15) is 19.2 Å². The van der Waals surface area contributed by atoms with Crippen molar-refractivity contribution in [1.82, 2.24) is 0 Å². The topological polar surface area (TPSA) is 268 Å². The SMILES string of the molecule is CCCCC[NH2+]C1c2ccccc2N(C)S(=O)(=O)c2cc(Br)ccc21.CCCCC[NH2+]C1c2ccccc2N(C)S(=O)(=O)c2cc(C)ccc21.Cc1ccc2c(c1)S(=O)(=O)N(C)c1ccccc1C2[NH2+]CCCCC(=O)O.O=C=O.O=C=O.[Cl-].[Cl-].[Cl-]. The van der Waals surface area contributed by atoms with Crippen LogP contribution in [0, 0.1) is 13.8 Å². The monoisotopic (exact) mass is 1360 g/mol. The van der Waals surface area contributed by atoms with E-state index < -0.39 is 36.0 Å². The number of unbranched alkanes of at least 4 members (excludes halogenated alkanes) is 5. The number of hydrogen-bond donors (Lipinski definition) is 4. The van der Waals surface area contributed by atoms with Gasteiger partial charge in [-0.25, -0.2) is 25.3 Å². The maximum atomic E-state index is 13.2. The van der Waals surface area contributed by atoms with Crippen LogP contribution >= 0.6 is 15.9 Å². The highest BCUT2D eigenvalue weighted by molar-refractivity contribution is 9.10. The third kappa shape index (κ3) is 18.5. The maximum absolute atomic E-state index is 13.2. The number of carboxylic acid groups (broad SMARTS) is 1. The summed E-state index contributed by atoms with van der Waals surface area (Å²) in [5.74, 6) is -0.789. The van der Waals surface area contributed by atoms with Gasteiger partial charge in [0.1, 0.15) is 18.1 Å². The number of aryl methyl sites for hydroxylation is 2. The van der Waals surface area contributed by atoms with Crippen molar-refractivity contribution in [3.8, 4) is 0 Å². The van der Waals surface area contributed by atoms with Gasteiger partial charge >= 0.3 is 18.3 Å². The number of carbonyl (C=O) groups is 1. The Labute approximate surface area is 533 Å². The molecule has 0 saturated carbocycles. The number of sulfonamides is 3. The number of para-hydroxylation sites is 3. The first-order chi connectivity index (χ1) is 39.6. The van der Waals surface area contributed by atoms with Crippen molar-refractivity contribution < 1.29 is 108 Å². The van der Waals surface area contributed by atoms with Crippen molar-refractivity contribution in [3.63, 3.8) is 0 Å². The van der Waals surface area contributed by atoms with E-state index in [0.717, 1.165) is 99.3 Å². The average molecular weight is 1370 g/mol. The van der Waals surface area contributed by atoms with E-state index in [2.05, 4.69) is 51.8 Å². The number of halogens is 4. The van der Waals surface area contributed by atoms with Crippen molar-refractivity contribution in [2.45, 2.75) is 118 Å². The Morgan fingerprint density at radius 1 is 0.465 bits per heavy atom. The lowest BCUT2D eigenvalue weighted by Crippen LogP contribution is -3.00. The maximum Gasteiger partial charge on any atom is 0.373 e. The van der Waals surface area contributed by atoms with E-state index in [1.165, 1.54) is 38.6 Å². The van der Waals surface area contributed by atoms with Crippen LogP contribution in [0.1, 0.15) is 134 Å². The molecule has 0 radical (unpaired) electrons. The Morgan fingerprint density at radius 2 is 0.756 bits per heavy atom. The highest BCUT2D eigenvalue weighted by Gasteiger charge is 2.39. The molecule has 3 aliphatic rings. The number of nitrogens with two attached hydrogens (primary N) is 3. The van der Waals surface area contributed by atoms with Crippen LogP contribution in [0.2, 0.25) is 0 Å². The zero-order valence-electron chi connectivity index (χ0n) is 49.1. The van der Waals surface area contributed by atoms with Crippen molar-refractivity contribution in [2.24, 2.45) is 0 Å². The number of hydrogen-bond acceptors (Lipinski definition) is 11. The van der Waals surface area contributed by atoms with Crippen molar-refractivity contribution in [2.75, 3.05) is 53.7 Å². The first kappa shape index (κ1) is 76.1. The summed E-state index contributed by atoms with van der Waals surface area (Å²) >= 11 is 3.42. The van der Waals surface area contributed by atoms with E-state index >= 15 is 0 Å². The molecule has 9 rings (SSSR count). The number of aliphatic carboxylic acids is 1. The van der Waals surface area contributed by atoms with Gasteiger partial charge in [0.15, 0.2) is 0 Å². The molecular formula is C61H76BrCl3N6O12S3. The number of rotatable bonds is 16. The molecule has 6 aromatic rings. The molecule has 3 atom stereocenters. The Morgan fingerprint density at radius 3 is 1.07 bits per heavy atom. The summed E-state index contributed by atoms with van der Waals surface area (Å²) < 4.78 is 84.0. The van der Waals surface area contributed by atoms with E-state index in [-0.39, 0.29) is 74.1 Å². The van der Waals surface area contributed by atoms with Crippen molar-refractivity contribution in [1.29, 1.82) is 0 Å². The standard InChI is InChI=1S/C20H24N2O4S.C20H26N2O2S.C19H23BrN2O2S.2CO2.3ClH/c1-14-10-11-16-18(13-14)27(25,26)22(2)17-8-4-3-7-15(17)20(16)21-12-6-5-9-19(23)24;1-4-5-8-13-21-20-16-9-6-7-10-18(16)22(3)25(23,24)19-14-15(2)11-12-17(19)20;1-3-4-7-12-21-19-15-8-5-6-9-17(15)22(2)25(23,24)18-13-14(20)10-11-16(18)19;2*2-1-3;;;/h3-4,7-8,10-11,13,20-21H,5-6,9,12H2,1-2H3,(H,23,24);6-7,9-12,14,20-21H,4-5,8,13H2,1-3H3;5-6,8-11,13,19,21H,3-4,7,12H2,1-2H3;;;3*1H. The lowest BCUT2D eigenvalue weighted by Gasteiger charge is -2.20. The molecule has 0 bridgehead atoms. The van der Waals surface area contributed by atoms with Crippen LogP contribution in [-0.4, -0.2) is 89.4 Å². The van der Waals surface area contributed by atoms with Crippen LogP contribution in [0.25, 0.3) is 0 Å². The van der Waals surface area contributed by atoms with Gasteiger partial charge in [0.2, 0.25) is 0 Å². The zero-order chi connectivity index (χ0) is 61.1. The average Bonchev–Trinajstić information content (AvgIpc) is 2.37. The first-order valence-corrected chi connectivity index (χ1v) is 32.6. The van der Waals surface area contributed by atoms with Crippen LogP contribution in [-0.2, 0) is 54.0 Å². The molecule has 0 fully saturated rings. The van der Waals surface area contributed by atoms with Crippen molar-refractivity contribution >= 4 is 81.3 Å². The minimum absolute atomic E-state index is 0. The normalized spacial score (nSPS) is 16.4. The third-order valence-electron chi connectivity index (χ3n) is 14.7. The fourth-order valence-corrected chi connectivity index (χ4v) is 15.6. The molecule has 468 valence electrons. The van der Waals surface area contributed by atoms with E-state index in [1.807, 2.05) is 117 Å². The smallest absolute Gasteiger partial charge is 0.373 e. The summed E-state index contributed by atoms with van der Waals surface area (Å²) in [7, 11) is -5.88. The van der Waals surface area contributed by atoms with Crippen LogP contribution < -0.4 is 66.1 Å². The Balaban J connectivity index is 0.000000413. The minimum Gasteiger partial charge on any atom is -1.00 e. The third-order valence-corrected chi connectivity index (χ3v) is 20.7. The van der Waals surface area contributed by atoms with E-state index in [4.69, 9.17) is 24.3 Å². The van der Waals surface area contributed by atoms with Gasteiger partial charge in [-0.3, -0.25) is 17.7 Å². The number of quaternary nitrogens is 3. The van der Waals surface area contributed by atoms with Gasteiger partial charge in [-0.15, -0.1) is 0 Å². The molecular weight excluding hydrogens is 1290 g/mol. The van der Waals surface area contributed by atoms with E-state index in [0.29, 0.717) is 26.8 Å². The quantitative estimate of drug-likeness (QED) is 0.0791. The van der Waals surface area contributed by atoms with Crippen LogP contribution in [0.15, 0.2) is 147 Å². The predicted molar refractivity (Wildman–Crippen MR) is 319 cm³/mol. The lowest BCUT2D eigenvalue weighted by atomic mass is 9.96. The molecule has 7 N–H and O–H groups in total. The van der Waals surface area contributed by atoms with Crippen LogP contribution in [0.3, 0.4) is 0 Å². The minimum atomic E-state index is -3.64. The van der Waals surface area contributed by atoms with Gasteiger partial charge in [0, 0.05) is 65.4 Å². The summed E-state index contributed by atoms with van der Waals surface area (Å²) in [6, 6.07) is 40.0. The molecule has 0 saturated heterocycles. The number of carbonyl (C=O) groups excluding carboxylic acids is 4. The van der Waals surface area contributed by atoms with Gasteiger partial charge in [-0.05, 0) is 106 Å². The van der Waals surface area contributed by atoms with Gasteiger partial charge in [-0.1, -0.05) is 128 Å². The van der Waals surface area contributed by atoms with Gasteiger partial charge < -0.3 is 58.3 Å². The fourth-order valence-electron chi connectivity index (χ4n) is 10.5. The number of fused-ring (bicyclic) bond motifs is 6. The van der Waals surface area contributed by atoms with Crippen LogP contribution in [0.5, 0.6) is 0 Å². The molecule has 0 amide bonds. The fraction of sp³-hybridized carbons (Fsp3) is 0.361. The molecule has 18 nitrogen and oxygen atoms in total. The summed E-state index contributed by atoms with van der Waals surface area (Å²) in [6.07, 6.45) is 9.04. The summed E-state index contributed by atoms with van der Waals surface area (Å²) in [5, 5.41) is 15.5. The molecule has 25 heteroatoms. The molecule has 0 spiro atoms. The second kappa shape index (κ2) is 35.7. The summed E-state index contributed by atoms with van der Waals surface area (Å²) in [6.45, 7) is 10.9.